The first kappa shape index (κ1) is 13.9. The molecule has 0 saturated carbocycles. The Bertz CT molecular complexity index is 231. The minimum Gasteiger partial charge on any atom is -0.352 e. The Balaban J connectivity index is 3.22. The van der Waals surface area contributed by atoms with Gasteiger partial charge in [-0.2, -0.15) is 0 Å². The van der Waals surface area contributed by atoms with E-state index in [1.807, 2.05) is 0 Å². The van der Waals surface area contributed by atoms with Crippen LogP contribution in [-0.4, -0.2) is 12.5 Å². The summed E-state index contributed by atoms with van der Waals surface area (Å²) in [6.07, 6.45) is 5.77. The van der Waals surface area contributed by atoms with E-state index >= 15 is 0 Å². The molecule has 0 saturated heterocycles. The molecule has 2 nitrogen and oxygen atoms in total. The highest BCUT2D eigenvalue weighted by Gasteiger charge is 1.99. The zero-order valence-electron chi connectivity index (χ0n) is 10.1. The van der Waals surface area contributed by atoms with Crippen LogP contribution in [-0.2, 0) is 4.79 Å². The lowest BCUT2D eigenvalue weighted by Crippen LogP contribution is -2.24. The van der Waals surface area contributed by atoms with E-state index in [0.717, 1.165) is 19.4 Å². The minimum atomic E-state index is -0.0306. The summed E-state index contributed by atoms with van der Waals surface area (Å²) >= 11 is 0. The maximum Gasteiger partial charge on any atom is 0.246 e. The van der Waals surface area contributed by atoms with Crippen LogP contribution in [0.25, 0.3) is 0 Å². The van der Waals surface area contributed by atoms with Crippen LogP contribution in [0.15, 0.2) is 24.3 Å². The zero-order valence-corrected chi connectivity index (χ0v) is 10.1. The second kappa shape index (κ2) is 8.27. The molecule has 0 bridgehead atoms. The van der Waals surface area contributed by atoms with Crippen molar-refractivity contribution in [2.45, 2.75) is 46.0 Å². The Morgan fingerprint density at radius 1 is 1.07 bits per heavy atom. The van der Waals surface area contributed by atoms with E-state index in [9.17, 15) is 4.79 Å². The van der Waals surface area contributed by atoms with Gasteiger partial charge in [-0.25, -0.2) is 0 Å². The van der Waals surface area contributed by atoms with Gasteiger partial charge >= 0.3 is 0 Å². The minimum absolute atomic E-state index is 0.0306. The molecule has 0 atom stereocenters. The van der Waals surface area contributed by atoms with Gasteiger partial charge in [0.2, 0.25) is 5.91 Å². The summed E-state index contributed by atoms with van der Waals surface area (Å²) in [6, 6.07) is 0. The lowest BCUT2D eigenvalue weighted by Gasteiger charge is -2.04. The van der Waals surface area contributed by atoms with E-state index in [0.29, 0.717) is 5.57 Å². The van der Waals surface area contributed by atoms with Crippen molar-refractivity contribution in [3.05, 3.63) is 24.3 Å². The lowest BCUT2D eigenvalue weighted by molar-refractivity contribution is -0.117. The molecule has 0 unspecified atom stereocenters. The fourth-order valence-electron chi connectivity index (χ4n) is 1.26. The van der Waals surface area contributed by atoms with Gasteiger partial charge in [0.25, 0.3) is 0 Å². The van der Waals surface area contributed by atoms with Gasteiger partial charge in [0.15, 0.2) is 0 Å². The molecule has 0 fully saturated rings. The SMILES string of the molecule is C=C(C)CCCCCCNC(=O)C(=C)C. The molecular formula is C13H23NO. The largest absolute Gasteiger partial charge is 0.352 e. The molecule has 0 aromatic rings. The summed E-state index contributed by atoms with van der Waals surface area (Å²) in [5.41, 5.74) is 1.84. The van der Waals surface area contributed by atoms with Crippen LogP contribution < -0.4 is 5.32 Å². The molecule has 0 aliphatic heterocycles. The van der Waals surface area contributed by atoms with Crippen molar-refractivity contribution in [3.8, 4) is 0 Å². The summed E-state index contributed by atoms with van der Waals surface area (Å²) in [5.74, 6) is -0.0306. The number of unbranched alkanes of at least 4 members (excludes halogenated alkanes) is 3. The number of amides is 1. The molecule has 2 heteroatoms. The van der Waals surface area contributed by atoms with Crippen LogP contribution in [0.4, 0.5) is 0 Å². The highest BCUT2D eigenvalue weighted by atomic mass is 16.1. The van der Waals surface area contributed by atoms with Crippen LogP contribution in [0.5, 0.6) is 0 Å². The van der Waals surface area contributed by atoms with Gasteiger partial charge in [0.1, 0.15) is 0 Å². The number of nitrogens with one attached hydrogen (secondary N) is 1. The topological polar surface area (TPSA) is 29.1 Å². The average Bonchev–Trinajstić information content (AvgIpc) is 2.15. The normalized spacial score (nSPS) is 9.73. The van der Waals surface area contributed by atoms with Crippen LogP contribution in [0.2, 0.25) is 0 Å². The van der Waals surface area contributed by atoms with Gasteiger partial charge in [-0.15, -0.1) is 6.58 Å². The highest BCUT2D eigenvalue weighted by molar-refractivity contribution is 5.91. The van der Waals surface area contributed by atoms with Crippen molar-refractivity contribution >= 4 is 5.91 Å². The number of hydrogen-bond acceptors (Lipinski definition) is 1. The van der Waals surface area contributed by atoms with E-state index in [4.69, 9.17) is 0 Å². The fraction of sp³-hybridized carbons (Fsp3) is 0.615. The molecule has 0 rings (SSSR count). The summed E-state index contributed by atoms with van der Waals surface area (Å²) in [5, 5.41) is 2.83. The monoisotopic (exact) mass is 209 g/mol. The standard InChI is InChI=1S/C13H23NO/c1-11(2)9-7-5-6-8-10-14-13(15)12(3)4/h1,3,5-10H2,2,4H3,(H,14,15). The first-order valence-electron chi connectivity index (χ1n) is 5.62. The summed E-state index contributed by atoms with van der Waals surface area (Å²) < 4.78 is 0. The third kappa shape index (κ3) is 9.26. The van der Waals surface area contributed by atoms with Crippen molar-refractivity contribution in [1.29, 1.82) is 0 Å². The third-order valence-electron chi connectivity index (χ3n) is 2.20. The number of rotatable bonds is 8. The number of carbonyl (C=O) groups is 1. The Morgan fingerprint density at radius 2 is 1.67 bits per heavy atom. The Kier molecular flexibility index (Phi) is 7.69. The Labute approximate surface area is 93.5 Å². The van der Waals surface area contributed by atoms with Gasteiger partial charge in [-0.05, 0) is 33.1 Å². The maximum absolute atomic E-state index is 11.1. The molecule has 15 heavy (non-hydrogen) atoms. The maximum atomic E-state index is 11.1. The number of hydrogen-bond donors (Lipinski definition) is 1. The van der Waals surface area contributed by atoms with Crippen LogP contribution in [0.3, 0.4) is 0 Å². The van der Waals surface area contributed by atoms with Crippen LogP contribution >= 0.6 is 0 Å². The third-order valence-corrected chi connectivity index (χ3v) is 2.20. The molecule has 0 spiro atoms. The van der Waals surface area contributed by atoms with Crippen molar-refractivity contribution in [2.75, 3.05) is 6.54 Å². The van der Waals surface area contributed by atoms with E-state index < -0.39 is 0 Å². The highest BCUT2D eigenvalue weighted by Crippen LogP contribution is 2.07. The fourth-order valence-corrected chi connectivity index (χ4v) is 1.26. The summed E-state index contributed by atoms with van der Waals surface area (Å²) in [4.78, 5) is 11.1. The molecular weight excluding hydrogens is 186 g/mol. The summed E-state index contributed by atoms with van der Waals surface area (Å²) in [7, 11) is 0. The van der Waals surface area contributed by atoms with Crippen LogP contribution in [0.1, 0.15) is 46.0 Å². The molecule has 1 N–H and O–H groups in total. The molecule has 0 radical (unpaired) electrons. The van der Waals surface area contributed by atoms with Gasteiger partial charge < -0.3 is 5.32 Å². The number of allylic oxidation sites excluding steroid dienone is 1. The van der Waals surface area contributed by atoms with E-state index in [1.165, 1.54) is 24.8 Å². The molecule has 0 aromatic carbocycles. The van der Waals surface area contributed by atoms with E-state index in [2.05, 4.69) is 25.4 Å². The van der Waals surface area contributed by atoms with E-state index in [-0.39, 0.29) is 5.91 Å². The van der Waals surface area contributed by atoms with Crippen molar-refractivity contribution in [1.82, 2.24) is 5.32 Å². The van der Waals surface area contributed by atoms with Gasteiger partial charge in [-0.3, -0.25) is 4.79 Å². The molecule has 0 aromatic heterocycles. The van der Waals surface area contributed by atoms with Gasteiger partial charge in [-0.1, -0.05) is 25.0 Å². The second-order valence-electron chi connectivity index (χ2n) is 4.16. The quantitative estimate of drug-likeness (QED) is 0.371. The van der Waals surface area contributed by atoms with Crippen LogP contribution in [0, 0.1) is 0 Å². The molecule has 0 heterocycles. The van der Waals surface area contributed by atoms with E-state index in [1.54, 1.807) is 6.92 Å². The first-order chi connectivity index (χ1) is 7.04. The number of carbonyl (C=O) groups excluding carboxylic acids is 1. The zero-order chi connectivity index (χ0) is 11.7. The summed E-state index contributed by atoms with van der Waals surface area (Å²) in [6.45, 7) is 12.0. The predicted molar refractivity (Wildman–Crippen MR) is 65.7 cm³/mol. The second-order valence-corrected chi connectivity index (χ2v) is 4.16. The molecule has 1 amide bonds. The molecule has 86 valence electrons. The predicted octanol–water partition coefficient (Wildman–Crippen LogP) is 3.21. The van der Waals surface area contributed by atoms with Crippen molar-refractivity contribution < 1.29 is 4.79 Å². The lowest BCUT2D eigenvalue weighted by atomic mass is 10.1. The molecule has 0 aliphatic rings. The Hall–Kier alpha value is -1.05. The average molecular weight is 209 g/mol. The van der Waals surface area contributed by atoms with Crippen molar-refractivity contribution in [2.24, 2.45) is 0 Å². The van der Waals surface area contributed by atoms with Gasteiger partial charge in [0.05, 0.1) is 0 Å². The molecule has 0 aliphatic carbocycles. The first-order valence-corrected chi connectivity index (χ1v) is 5.62. The Morgan fingerprint density at radius 3 is 2.20 bits per heavy atom. The van der Waals surface area contributed by atoms with Crippen molar-refractivity contribution in [3.63, 3.8) is 0 Å². The van der Waals surface area contributed by atoms with Gasteiger partial charge in [0, 0.05) is 12.1 Å². The smallest absolute Gasteiger partial charge is 0.246 e.